The van der Waals surface area contributed by atoms with Crippen molar-refractivity contribution in [1.29, 1.82) is 0 Å². The van der Waals surface area contributed by atoms with Crippen molar-refractivity contribution in [1.82, 2.24) is 10.1 Å². The summed E-state index contributed by atoms with van der Waals surface area (Å²) in [4.78, 5) is 24.7. The molecule has 6 heteroatoms. The van der Waals surface area contributed by atoms with Crippen molar-refractivity contribution in [3.8, 4) is 11.3 Å². The van der Waals surface area contributed by atoms with Crippen molar-refractivity contribution in [2.75, 3.05) is 13.6 Å². The van der Waals surface area contributed by atoms with E-state index in [9.17, 15) is 9.59 Å². The summed E-state index contributed by atoms with van der Waals surface area (Å²) in [5, 5.41) is 12.8. The molecule has 6 nitrogen and oxygen atoms in total. The highest BCUT2D eigenvalue weighted by Crippen LogP contribution is 2.26. The zero-order valence-corrected chi connectivity index (χ0v) is 12.6. The van der Waals surface area contributed by atoms with Crippen LogP contribution in [0, 0.1) is 0 Å². The minimum atomic E-state index is -0.941. The lowest BCUT2D eigenvalue weighted by atomic mass is 10.0. The van der Waals surface area contributed by atoms with E-state index in [2.05, 4.69) is 5.16 Å². The number of rotatable bonds is 6. The lowest BCUT2D eigenvalue weighted by molar-refractivity contribution is -0.137. The molecule has 0 radical (unpaired) electrons. The Morgan fingerprint density at radius 2 is 1.95 bits per heavy atom. The van der Waals surface area contributed by atoms with Crippen LogP contribution < -0.4 is 0 Å². The molecule has 0 saturated carbocycles. The molecule has 1 aromatic heterocycles. The van der Waals surface area contributed by atoms with Gasteiger partial charge >= 0.3 is 5.97 Å². The number of carbonyl (C=O) groups is 2. The molecule has 0 aliphatic carbocycles. The van der Waals surface area contributed by atoms with Crippen LogP contribution in [0.1, 0.15) is 29.5 Å². The van der Waals surface area contributed by atoms with Crippen LogP contribution in [-0.4, -0.2) is 40.6 Å². The van der Waals surface area contributed by atoms with Crippen molar-refractivity contribution in [3.63, 3.8) is 0 Å². The van der Waals surface area contributed by atoms with Crippen molar-refractivity contribution in [2.24, 2.45) is 0 Å². The van der Waals surface area contributed by atoms with Gasteiger partial charge in [-0.15, -0.1) is 0 Å². The first-order chi connectivity index (χ1) is 10.5. The summed E-state index contributed by atoms with van der Waals surface area (Å²) in [6.45, 7) is 2.01. The topological polar surface area (TPSA) is 83.6 Å². The van der Waals surface area contributed by atoms with Gasteiger partial charge in [-0.25, -0.2) is 0 Å². The van der Waals surface area contributed by atoms with Crippen molar-refractivity contribution in [3.05, 3.63) is 41.7 Å². The minimum Gasteiger partial charge on any atom is -0.481 e. The highest BCUT2D eigenvalue weighted by Gasteiger charge is 2.25. The van der Waals surface area contributed by atoms with Crippen LogP contribution in [0.15, 0.2) is 34.9 Å². The predicted octanol–water partition coefficient (Wildman–Crippen LogP) is 2.45. The molecule has 0 fully saturated rings. The average molecular weight is 302 g/mol. The van der Waals surface area contributed by atoms with Gasteiger partial charge in [0.2, 0.25) is 0 Å². The largest absolute Gasteiger partial charge is 0.481 e. The summed E-state index contributed by atoms with van der Waals surface area (Å²) >= 11 is 0. The number of aliphatic carboxylic acids is 1. The molecule has 1 amide bonds. The molecule has 2 aromatic rings. The zero-order valence-electron chi connectivity index (χ0n) is 12.6. The third-order valence-corrected chi connectivity index (χ3v) is 3.35. The van der Waals surface area contributed by atoms with Crippen LogP contribution >= 0.6 is 0 Å². The second kappa shape index (κ2) is 6.89. The summed E-state index contributed by atoms with van der Waals surface area (Å²) in [6.07, 6.45) is 0.434. The molecule has 0 bridgehead atoms. The lowest BCUT2D eigenvalue weighted by Gasteiger charge is -2.16. The standard InChI is InChI=1S/C16H18N2O4/c1-3-12-14(16(21)18(2)10-9-13(19)20)15(17-22-12)11-7-5-4-6-8-11/h4-8H,3,9-10H2,1-2H3,(H,19,20). The maximum atomic E-state index is 12.6. The molecule has 116 valence electrons. The zero-order chi connectivity index (χ0) is 16.1. The maximum Gasteiger partial charge on any atom is 0.305 e. The van der Waals surface area contributed by atoms with Gasteiger partial charge in [0, 0.05) is 25.6 Å². The van der Waals surface area contributed by atoms with Crippen molar-refractivity contribution < 1.29 is 19.2 Å². The Kier molecular flexibility index (Phi) is 4.93. The van der Waals surface area contributed by atoms with E-state index in [1.807, 2.05) is 37.3 Å². The number of benzene rings is 1. The van der Waals surface area contributed by atoms with Crippen LogP contribution in [0.2, 0.25) is 0 Å². The number of amides is 1. The first kappa shape index (κ1) is 15.8. The van der Waals surface area contributed by atoms with Crippen LogP contribution in [0.25, 0.3) is 11.3 Å². The maximum absolute atomic E-state index is 12.6. The molecule has 0 aliphatic rings. The molecule has 0 saturated heterocycles. The summed E-state index contributed by atoms with van der Waals surface area (Å²) < 4.78 is 5.28. The van der Waals surface area contributed by atoms with Crippen LogP contribution in [-0.2, 0) is 11.2 Å². The van der Waals surface area contributed by atoms with E-state index in [1.165, 1.54) is 4.90 Å². The number of carbonyl (C=O) groups excluding carboxylic acids is 1. The normalized spacial score (nSPS) is 10.5. The summed E-state index contributed by atoms with van der Waals surface area (Å²) in [6, 6.07) is 9.30. The molecule has 1 aromatic carbocycles. The van der Waals surface area contributed by atoms with Gasteiger partial charge in [-0.3, -0.25) is 9.59 Å². The van der Waals surface area contributed by atoms with Crippen LogP contribution in [0.4, 0.5) is 0 Å². The Morgan fingerprint density at radius 1 is 1.27 bits per heavy atom. The molecular formula is C16H18N2O4. The number of nitrogens with zero attached hydrogens (tertiary/aromatic N) is 2. The monoisotopic (exact) mass is 302 g/mol. The molecule has 1 heterocycles. The van der Waals surface area contributed by atoms with Crippen LogP contribution in [0.5, 0.6) is 0 Å². The van der Waals surface area contributed by atoms with E-state index in [0.717, 1.165) is 5.56 Å². The highest BCUT2D eigenvalue weighted by molar-refractivity contribution is 6.00. The van der Waals surface area contributed by atoms with E-state index in [1.54, 1.807) is 7.05 Å². The lowest BCUT2D eigenvalue weighted by Crippen LogP contribution is -2.29. The molecular weight excluding hydrogens is 284 g/mol. The first-order valence-electron chi connectivity index (χ1n) is 7.05. The summed E-state index contributed by atoms with van der Waals surface area (Å²) in [7, 11) is 1.58. The fraction of sp³-hybridized carbons (Fsp3) is 0.312. The Morgan fingerprint density at radius 3 is 2.55 bits per heavy atom. The summed E-state index contributed by atoms with van der Waals surface area (Å²) in [5.41, 5.74) is 1.69. The molecule has 22 heavy (non-hydrogen) atoms. The number of carboxylic acid groups (broad SMARTS) is 1. The SMILES string of the molecule is CCc1onc(-c2ccccc2)c1C(=O)N(C)CCC(=O)O. The van der Waals surface area contributed by atoms with Crippen molar-refractivity contribution in [2.45, 2.75) is 19.8 Å². The van der Waals surface area contributed by atoms with Gasteiger partial charge in [0.05, 0.1) is 6.42 Å². The fourth-order valence-corrected chi connectivity index (χ4v) is 2.13. The highest BCUT2D eigenvalue weighted by atomic mass is 16.5. The Balaban J connectivity index is 2.34. The number of hydrogen-bond acceptors (Lipinski definition) is 4. The molecule has 2 rings (SSSR count). The quantitative estimate of drug-likeness (QED) is 0.886. The van der Waals surface area contributed by atoms with Gasteiger partial charge in [-0.1, -0.05) is 42.4 Å². The van der Waals surface area contributed by atoms with E-state index in [0.29, 0.717) is 23.4 Å². The van der Waals surface area contributed by atoms with Gasteiger partial charge in [0.1, 0.15) is 17.0 Å². The summed E-state index contributed by atoms with van der Waals surface area (Å²) in [5.74, 6) is -0.715. The second-order valence-corrected chi connectivity index (χ2v) is 4.92. The molecule has 0 unspecified atom stereocenters. The number of carboxylic acids is 1. The van der Waals surface area contributed by atoms with E-state index in [-0.39, 0.29) is 18.9 Å². The third-order valence-electron chi connectivity index (χ3n) is 3.35. The average Bonchev–Trinajstić information content (AvgIpc) is 2.96. The number of aryl methyl sites for hydroxylation is 1. The first-order valence-corrected chi connectivity index (χ1v) is 7.05. The Hall–Kier alpha value is -2.63. The molecule has 0 atom stereocenters. The number of hydrogen-bond donors (Lipinski definition) is 1. The fourth-order valence-electron chi connectivity index (χ4n) is 2.13. The van der Waals surface area contributed by atoms with Crippen LogP contribution in [0.3, 0.4) is 0 Å². The Bertz CT molecular complexity index is 664. The number of aromatic nitrogens is 1. The van der Waals surface area contributed by atoms with Gasteiger partial charge in [0.25, 0.3) is 5.91 Å². The predicted molar refractivity (Wildman–Crippen MR) is 80.5 cm³/mol. The van der Waals surface area contributed by atoms with Gasteiger partial charge in [0.15, 0.2) is 0 Å². The molecule has 0 aliphatic heterocycles. The van der Waals surface area contributed by atoms with Gasteiger partial charge in [-0.05, 0) is 0 Å². The molecule has 0 spiro atoms. The van der Waals surface area contributed by atoms with Crippen molar-refractivity contribution >= 4 is 11.9 Å². The van der Waals surface area contributed by atoms with E-state index in [4.69, 9.17) is 9.63 Å². The third kappa shape index (κ3) is 3.33. The van der Waals surface area contributed by atoms with E-state index >= 15 is 0 Å². The Labute approximate surface area is 128 Å². The second-order valence-electron chi connectivity index (χ2n) is 4.92. The van der Waals surface area contributed by atoms with Gasteiger partial charge in [-0.2, -0.15) is 0 Å². The smallest absolute Gasteiger partial charge is 0.305 e. The van der Waals surface area contributed by atoms with E-state index < -0.39 is 5.97 Å². The molecule has 1 N–H and O–H groups in total. The minimum absolute atomic E-state index is 0.102. The van der Waals surface area contributed by atoms with Gasteiger partial charge < -0.3 is 14.5 Å².